The average molecular weight is 227 g/mol. The summed E-state index contributed by atoms with van der Waals surface area (Å²) in [5.74, 6) is 0. The molecule has 0 amide bonds. The Morgan fingerprint density at radius 1 is 1.18 bits per heavy atom. The molecule has 5 heteroatoms. The molecule has 1 aromatic carbocycles. The van der Waals surface area contributed by atoms with Crippen molar-refractivity contribution in [2.24, 2.45) is 0 Å². The first-order valence-electron chi connectivity index (χ1n) is 5.18. The molecule has 0 bridgehead atoms. The zero-order chi connectivity index (χ0) is 12.0. The SMILES string of the molecule is Cc1cccc2cc3c(=O)[nH]c(=O)[nH]c3nc12. The van der Waals surface area contributed by atoms with Crippen LogP contribution >= 0.6 is 0 Å². The summed E-state index contributed by atoms with van der Waals surface area (Å²) < 4.78 is 0. The maximum Gasteiger partial charge on any atom is 0.327 e. The highest BCUT2D eigenvalue weighted by molar-refractivity contribution is 5.91. The largest absolute Gasteiger partial charge is 0.327 e. The minimum atomic E-state index is -0.539. The lowest BCUT2D eigenvalue weighted by atomic mass is 10.1. The molecule has 17 heavy (non-hydrogen) atoms. The molecule has 3 rings (SSSR count). The van der Waals surface area contributed by atoms with Gasteiger partial charge in [-0.2, -0.15) is 0 Å². The number of hydrogen-bond acceptors (Lipinski definition) is 3. The summed E-state index contributed by atoms with van der Waals surface area (Å²) in [4.78, 5) is 31.8. The van der Waals surface area contributed by atoms with Gasteiger partial charge in [-0.05, 0) is 18.6 Å². The lowest BCUT2D eigenvalue weighted by Crippen LogP contribution is -2.22. The van der Waals surface area contributed by atoms with E-state index in [4.69, 9.17) is 0 Å². The first kappa shape index (κ1) is 9.77. The summed E-state index contributed by atoms with van der Waals surface area (Å²) in [5, 5.41) is 1.28. The Morgan fingerprint density at radius 3 is 2.82 bits per heavy atom. The molecule has 0 aliphatic carbocycles. The van der Waals surface area contributed by atoms with Crippen LogP contribution in [0.5, 0.6) is 0 Å². The van der Waals surface area contributed by atoms with Crippen molar-refractivity contribution in [1.29, 1.82) is 0 Å². The van der Waals surface area contributed by atoms with Crippen LogP contribution in [0.1, 0.15) is 5.56 Å². The van der Waals surface area contributed by atoms with E-state index in [1.54, 1.807) is 6.07 Å². The number of aromatic amines is 2. The first-order chi connectivity index (χ1) is 8.15. The van der Waals surface area contributed by atoms with E-state index in [2.05, 4.69) is 15.0 Å². The molecule has 84 valence electrons. The van der Waals surface area contributed by atoms with Gasteiger partial charge in [-0.3, -0.25) is 14.8 Å². The quantitative estimate of drug-likeness (QED) is 0.564. The standard InChI is InChI=1S/C12H9N3O2/c1-6-3-2-4-7-5-8-10(13-9(6)7)14-12(17)15-11(8)16/h2-5H,1H3,(H2,13,14,15,16,17). The molecule has 0 saturated carbocycles. The molecule has 0 spiro atoms. The molecular weight excluding hydrogens is 218 g/mol. The van der Waals surface area contributed by atoms with E-state index in [-0.39, 0.29) is 0 Å². The molecule has 0 radical (unpaired) electrons. The van der Waals surface area contributed by atoms with Crippen molar-refractivity contribution in [2.45, 2.75) is 6.92 Å². The van der Waals surface area contributed by atoms with Gasteiger partial charge in [0.2, 0.25) is 0 Å². The minimum absolute atomic E-state index is 0.320. The average Bonchev–Trinajstić information content (AvgIpc) is 2.28. The van der Waals surface area contributed by atoms with Crippen LogP contribution < -0.4 is 11.2 Å². The monoisotopic (exact) mass is 227 g/mol. The third-order valence-electron chi connectivity index (χ3n) is 2.75. The summed E-state index contributed by atoms with van der Waals surface area (Å²) in [5.41, 5.74) is 1.16. The number of nitrogens with one attached hydrogen (secondary N) is 2. The molecule has 0 aliphatic rings. The van der Waals surface area contributed by atoms with Crippen LogP contribution in [-0.2, 0) is 0 Å². The van der Waals surface area contributed by atoms with Crippen molar-refractivity contribution in [3.63, 3.8) is 0 Å². The Balaban J connectivity index is 2.62. The molecular formula is C12H9N3O2. The van der Waals surface area contributed by atoms with Gasteiger partial charge >= 0.3 is 5.69 Å². The lowest BCUT2D eigenvalue weighted by Gasteiger charge is -2.02. The highest BCUT2D eigenvalue weighted by atomic mass is 16.2. The number of hydrogen-bond donors (Lipinski definition) is 2. The molecule has 0 fully saturated rings. The van der Waals surface area contributed by atoms with E-state index in [9.17, 15) is 9.59 Å². The van der Waals surface area contributed by atoms with Gasteiger partial charge in [0.25, 0.3) is 5.56 Å². The number of aromatic nitrogens is 3. The molecule has 0 unspecified atom stereocenters. The third kappa shape index (κ3) is 1.44. The van der Waals surface area contributed by atoms with Gasteiger partial charge in [0.15, 0.2) is 0 Å². The van der Waals surface area contributed by atoms with Crippen molar-refractivity contribution >= 4 is 21.9 Å². The summed E-state index contributed by atoms with van der Waals surface area (Å²) in [7, 11) is 0. The van der Waals surface area contributed by atoms with Crippen LogP contribution in [0.4, 0.5) is 0 Å². The van der Waals surface area contributed by atoms with Crippen molar-refractivity contribution < 1.29 is 0 Å². The lowest BCUT2D eigenvalue weighted by molar-refractivity contribution is 1.07. The second-order valence-corrected chi connectivity index (χ2v) is 3.94. The molecule has 0 atom stereocenters. The fraction of sp³-hybridized carbons (Fsp3) is 0.0833. The Hall–Kier alpha value is -2.43. The molecule has 0 saturated heterocycles. The van der Waals surface area contributed by atoms with E-state index in [1.165, 1.54) is 0 Å². The van der Waals surface area contributed by atoms with Crippen LogP contribution in [0.2, 0.25) is 0 Å². The van der Waals surface area contributed by atoms with E-state index in [0.29, 0.717) is 11.0 Å². The number of para-hydroxylation sites is 1. The summed E-state index contributed by atoms with van der Waals surface area (Å²) in [6.07, 6.45) is 0. The molecule has 2 aromatic heterocycles. The maximum atomic E-state index is 11.6. The van der Waals surface area contributed by atoms with Crippen LogP contribution in [-0.4, -0.2) is 15.0 Å². The number of benzene rings is 1. The zero-order valence-electron chi connectivity index (χ0n) is 9.07. The van der Waals surface area contributed by atoms with Gasteiger partial charge < -0.3 is 0 Å². The van der Waals surface area contributed by atoms with E-state index in [0.717, 1.165) is 16.5 Å². The molecule has 2 heterocycles. The molecule has 2 N–H and O–H groups in total. The smallest absolute Gasteiger partial charge is 0.291 e. The first-order valence-corrected chi connectivity index (χ1v) is 5.18. The summed E-state index contributed by atoms with van der Waals surface area (Å²) in [6.45, 7) is 1.94. The van der Waals surface area contributed by atoms with Crippen molar-refractivity contribution in [1.82, 2.24) is 15.0 Å². The van der Waals surface area contributed by atoms with Crippen LogP contribution in [0.15, 0.2) is 33.9 Å². The second kappa shape index (κ2) is 3.28. The number of aryl methyl sites for hydroxylation is 1. The van der Waals surface area contributed by atoms with Crippen LogP contribution in [0.3, 0.4) is 0 Å². The van der Waals surface area contributed by atoms with E-state index >= 15 is 0 Å². The van der Waals surface area contributed by atoms with Crippen molar-refractivity contribution in [3.8, 4) is 0 Å². The number of fused-ring (bicyclic) bond motifs is 2. The number of H-pyrrole nitrogens is 2. The van der Waals surface area contributed by atoms with Gasteiger partial charge in [-0.15, -0.1) is 0 Å². The number of rotatable bonds is 0. The predicted molar refractivity (Wildman–Crippen MR) is 65.2 cm³/mol. The number of pyridine rings is 1. The van der Waals surface area contributed by atoms with E-state index < -0.39 is 11.2 Å². The summed E-state index contributed by atoms with van der Waals surface area (Å²) >= 11 is 0. The second-order valence-electron chi connectivity index (χ2n) is 3.94. The molecule has 3 aromatic rings. The fourth-order valence-corrected chi connectivity index (χ4v) is 1.92. The normalized spacial score (nSPS) is 11.1. The van der Waals surface area contributed by atoms with Gasteiger partial charge in [-0.1, -0.05) is 18.2 Å². The van der Waals surface area contributed by atoms with Crippen molar-refractivity contribution in [3.05, 3.63) is 50.7 Å². The molecule has 0 aliphatic heterocycles. The van der Waals surface area contributed by atoms with Crippen molar-refractivity contribution in [2.75, 3.05) is 0 Å². The van der Waals surface area contributed by atoms with E-state index in [1.807, 2.05) is 25.1 Å². The topological polar surface area (TPSA) is 78.6 Å². The highest BCUT2D eigenvalue weighted by Crippen LogP contribution is 2.18. The Bertz CT molecular complexity index is 846. The fourth-order valence-electron chi connectivity index (χ4n) is 1.92. The van der Waals surface area contributed by atoms with Gasteiger partial charge in [0, 0.05) is 5.39 Å². The van der Waals surface area contributed by atoms with Gasteiger partial charge in [0.1, 0.15) is 5.65 Å². The molecule has 5 nitrogen and oxygen atoms in total. The van der Waals surface area contributed by atoms with Gasteiger partial charge in [0.05, 0.1) is 10.9 Å². The maximum absolute atomic E-state index is 11.6. The highest BCUT2D eigenvalue weighted by Gasteiger charge is 2.05. The minimum Gasteiger partial charge on any atom is -0.291 e. The Kier molecular flexibility index (Phi) is 1.89. The predicted octanol–water partition coefficient (Wildman–Crippen LogP) is 1.07. The van der Waals surface area contributed by atoms with Crippen LogP contribution in [0, 0.1) is 6.92 Å². The Morgan fingerprint density at radius 2 is 2.00 bits per heavy atom. The summed E-state index contributed by atoms with van der Waals surface area (Å²) in [6, 6.07) is 7.47. The number of nitrogens with zero attached hydrogens (tertiary/aromatic N) is 1. The zero-order valence-corrected chi connectivity index (χ0v) is 9.07. The van der Waals surface area contributed by atoms with Gasteiger partial charge in [-0.25, -0.2) is 9.78 Å². The van der Waals surface area contributed by atoms with Crippen LogP contribution in [0.25, 0.3) is 21.9 Å². The Labute approximate surface area is 95.1 Å². The third-order valence-corrected chi connectivity index (χ3v) is 2.75.